The highest BCUT2D eigenvalue weighted by atomic mass is 15.0. The molecule has 4 nitrogen and oxygen atoms in total. The van der Waals surface area contributed by atoms with Crippen molar-refractivity contribution in [3.05, 3.63) is 11.9 Å². The van der Waals surface area contributed by atoms with Crippen molar-refractivity contribution in [2.75, 3.05) is 17.6 Å². The highest BCUT2D eigenvalue weighted by Gasteiger charge is 2.06. The maximum absolute atomic E-state index is 5.82. The molecule has 1 heterocycles. The lowest BCUT2D eigenvalue weighted by Crippen LogP contribution is -2.09. The second-order valence-corrected chi connectivity index (χ2v) is 3.62. The van der Waals surface area contributed by atoms with E-state index in [-0.39, 0.29) is 0 Å². The zero-order valence-electron chi connectivity index (χ0n) is 9.58. The normalized spacial score (nSPS) is 10.3. The van der Waals surface area contributed by atoms with Gasteiger partial charge in [0.05, 0.1) is 0 Å². The van der Waals surface area contributed by atoms with Crippen molar-refractivity contribution in [3.8, 4) is 0 Å². The molecule has 0 spiro atoms. The Morgan fingerprint density at radius 3 is 2.73 bits per heavy atom. The third-order valence-electron chi connectivity index (χ3n) is 2.30. The Kier molecular flexibility index (Phi) is 4.87. The van der Waals surface area contributed by atoms with Crippen LogP contribution in [0, 0.1) is 0 Å². The van der Waals surface area contributed by atoms with Crippen molar-refractivity contribution in [3.63, 3.8) is 0 Å². The van der Waals surface area contributed by atoms with Crippen molar-refractivity contribution in [2.24, 2.45) is 0 Å². The number of nitrogens with one attached hydrogen (secondary N) is 1. The molecule has 84 valence electrons. The number of nitrogens with zero attached hydrogens (tertiary/aromatic N) is 2. The first kappa shape index (κ1) is 11.8. The summed E-state index contributed by atoms with van der Waals surface area (Å²) in [6.45, 7) is 5.24. The molecule has 1 aromatic heterocycles. The maximum Gasteiger partial charge on any atom is 0.134 e. The molecule has 0 bridgehead atoms. The smallest absolute Gasteiger partial charge is 0.134 e. The molecule has 0 aliphatic rings. The van der Waals surface area contributed by atoms with Crippen LogP contribution < -0.4 is 11.1 Å². The molecule has 0 atom stereocenters. The Morgan fingerprint density at radius 2 is 2.07 bits per heavy atom. The molecular formula is C11H20N4. The van der Waals surface area contributed by atoms with E-state index in [9.17, 15) is 0 Å². The largest absolute Gasteiger partial charge is 0.383 e. The summed E-state index contributed by atoms with van der Waals surface area (Å²) in [4.78, 5) is 8.24. The summed E-state index contributed by atoms with van der Waals surface area (Å²) < 4.78 is 0. The zero-order chi connectivity index (χ0) is 11.1. The summed E-state index contributed by atoms with van der Waals surface area (Å²) >= 11 is 0. The SMILES string of the molecule is CCCCNc1ncnc(N)c1CCC. The van der Waals surface area contributed by atoms with Crippen LogP contribution in [-0.4, -0.2) is 16.5 Å². The molecule has 15 heavy (non-hydrogen) atoms. The van der Waals surface area contributed by atoms with Crippen LogP contribution in [0.3, 0.4) is 0 Å². The average Bonchev–Trinajstić information content (AvgIpc) is 2.23. The molecule has 0 aliphatic heterocycles. The minimum atomic E-state index is 0.603. The van der Waals surface area contributed by atoms with Gasteiger partial charge in [-0.25, -0.2) is 9.97 Å². The van der Waals surface area contributed by atoms with Gasteiger partial charge in [0.25, 0.3) is 0 Å². The summed E-state index contributed by atoms with van der Waals surface area (Å²) in [5, 5.41) is 3.31. The molecular weight excluding hydrogens is 188 g/mol. The average molecular weight is 208 g/mol. The first-order valence-electron chi connectivity index (χ1n) is 5.62. The lowest BCUT2D eigenvalue weighted by molar-refractivity contribution is 0.824. The highest BCUT2D eigenvalue weighted by molar-refractivity contribution is 5.54. The maximum atomic E-state index is 5.82. The molecule has 0 unspecified atom stereocenters. The van der Waals surface area contributed by atoms with E-state index < -0.39 is 0 Å². The summed E-state index contributed by atoms with van der Waals surface area (Å²) in [7, 11) is 0. The lowest BCUT2D eigenvalue weighted by Gasteiger charge is -2.11. The van der Waals surface area contributed by atoms with Crippen molar-refractivity contribution < 1.29 is 0 Å². The number of hydrogen-bond donors (Lipinski definition) is 2. The van der Waals surface area contributed by atoms with Crippen LogP contribution in [0.15, 0.2) is 6.33 Å². The monoisotopic (exact) mass is 208 g/mol. The predicted molar refractivity (Wildman–Crippen MR) is 63.8 cm³/mol. The second kappa shape index (κ2) is 6.22. The van der Waals surface area contributed by atoms with E-state index >= 15 is 0 Å². The van der Waals surface area contributed by atoms with Gasteiger partial charge in [-0.3, -0.25) is 0 Å². The van der Waals surface area contributed by atoms with E-state index in [1.165, 1.54) is 12.7 Å². The zero-order valence-corrected chi connectivity index (χ0v) is 9.58. The van der Waals surface area contributed by atoms with Gasteiger partial charge in [0.15, 0.2) is 0 Å². The number of aromatic nitrogens is 2. The lowest BCUT2D eigenvalue weighted by atomic mass is 10.1. The number of nitrogens with two attached hydrogens (primary N) is 1. The molecule has 0 saturated heterocycles. The van der Waals surface area contributed by atoms with Gasteiger partial charge in [0.2, 0.25) is 0 Å². The number of hydrogen-bond acceptors (Lipinski definition) is 4. The number of rotatable bonds is 6. The third kappa shape index (κ3) is 3.38. The van der Waals surface area contributed by atoms with Gasteiger partial charge in [0, 0.05) is 12.1 Å². The van der Waals surface area contributed by atoms with Gasteiger partial charge >= 0.3 is 0 Å². The minimum absolute atomic E-state index is 0.603. The highest BCUT2D eigenvalue weighted by Crippen LogP contribution is 2.18. The van der Waals surface area contributed by atoms with Gasteiger partial charge in [-0.2, -0.15) is 0 Å². The second-order valence-electron chi connectivity index (χ2n) is 3.62. The van der Waals surface area contributed by atoms with E-state index in [1.807, 2.05) is 0 Å². The van der Waals surface area contributed by atoms with E-state index in [2.05, 4.69) is 29.1 Å². The van der Waals surface area contributed by atoms with E-state index in [0.717, 1.165) is 37.2 Å². The van der Waals surface area contributed by atoms with Crippen molar-refractivity contribution >= 4 is 11.6 Å². The first-order chi connectivity index (χ1) is 7.29. The Balaban J connectivity index is 2.71. The fraction of sp³-hybridized carbons (Fsp3) is 0.636. The summed E-state index contributed by atoms with van der Waals surface area (Å²) in [6.07, 6.45) is 5.83. The van der Waals surface area contributed by atoms with Gasteiger partial charge in [-0.15, -0.1) is 0 Å². The fourth-order valence-electron chi connectivity index (χ4n) is 1.46. The van der Waals surface area contributed by atoms with Crippen molar-refractivity contribution in [1.29, 1.82) is 0 Å². The summed E-state index contributed by atoms with van der Waals surface area (Å²) in [6, 6.07) is 0. The van der Waals surface area contributed by atoms with Gasteiger partial charge in [0.1, 0.15) is 18.0 Å². The fourth-order valence-corrected chi connectivity index (χ4v) is 1.46. The Labute approximate surface area is 91.3 Å². The van der Waals surface area contributed by atoms with Crippen molar-refractivity contribution in [1.82, 2.24) is 9.97 Å². The van der Waals surface area contributed by atoms with Gasteiger partial charge < -0.3 is 11.1 Å². The van der Waals surface area contributed by atoms with Crippen LogP contribution in [0.2, 0.25) is 0 Å². The number of anilines is 2. The minimum Gasteiger partial charge on any atom is -0.383 e. The Hall–Kier alpha value is -1.32. The van der Waals surface area contributed by atoms with Crippen LogP contribution >= 0.6 is 0 Å². The molecule has 0 saturated carbocycles. The summed E-state index contributed by atoms with van der Waals surface area (Å²) in [5.41, 5.74) is 6.87. The molecule has 4 heteroatoms. The van der Waals surface area contributed by atoms with Gasteiger partial charge in [-0.1, -0.05) is 26.7 Å². The molecule has 0 radical (unpaired) electrons. The van der Waals surface area contributed by atoms with Crippen LogP contribution in [0.25, 0.3) is 0 Å². The summed E-state index contributed by atoms with van der Waals surface area (Å²) in [5.74, 6) is 1.50. The molecule has 1 aromatic rings. The molecule has 1 rings (SSSR count). The van der Waals surface area contributed by atoms with Crippen LogP contribution in [0.5, 0.6) is 0 Å². The number of unbranched alkanes of at least 4 members (excludes halogenated alkanes) is 1. The number of nitrogen functional groups attached to an aromatic ring is 1. The first-order valence-corrected chi connectivity index (χ1v) is 5.62. The molecule has 0 amide bonds. The van der Waals surface area contributed by atoms with Crippen LogP contribution in [-0.2, 0) is 6.42 Å². The Morgan fingerprint density at radius 1 is 1.27 bits per heavy atom. The molecule has 3 N–H and O–H groups in total. The molecule has 0 aliphatic carbocycles. The third-order valence-corrected chi connectivity index (χ3v) is 2.30. The van der Waals surface area contributed by atoms with Crippen LogP contribution in [0.1, 0.15) is 38.7 Å². The van der Waals surface area contributed by atoms with E-state index in [1.54, 1.807) is 0 Å². The standard InChI is InChI=1S/C11H20N4/c1-3-5-7-13-11-9(6-4-2)10(12)14-8-15-11/h8H,3-7H2,1-2H3,(H3,12,13,14,15). The van der Waals surface area contributed by atoms with Crippen molar-refractivity contribution in [2.45, 2.75) is 39.5 Å². The Bertz CT molecular complexity index is 299. The van der Waals surface area contributed by atoms with E-state index in [4.69, 9.17) is 5.73 Å². The quantitative estimate of drug-likeness (QED) is 0.704. The van der Waals surface area contributed by atoms with Crippen LogP contribution in [0.4, 0.5) is 11.6 Å². The van der Waals surface area contributed by atoms with Gasteiger partial charge in [-0.05, 0) is 12.8 Å². The van der Waals surface area contributed by atoms with E-state index in [0.29, 0.717) is 5.82 Å². The molecule has 0 fully saturated rings. The topological polar surface area (TPSA) is 63.8 Å². The molecule has 0 aromatic carbocycles. The predicted octanol–water partition coefficient (Wildman–Crippen LogP) is 2.22.